The topological polar surface area (TPSA) is 55.4 Å². The normalized spacial score (nSPS) is 42.2. The molecule has 0 radical (unpaired) electrons. The van der Waals surface area contributed by atoms with Crippen LogP contribution >= 0.6 is 0 Å². The zero-order valence-corrected chi connectivity index (χ0v) is 20.2. The van der Waals surface area contributed by atoms with Gasteiger partial charge in [-0.1, -0.05) is 26.7 Å². The fraction of sp³-hybridized carbons (Fsp3) is 0.769. The van der Waals surface area contributed by atoms with Crippen molar-refractivity contribution in [2.75, 3.05) is 11.0 Å². The molecule has 4 aliphatic carbocycles. The molecule has 1 aromatic carbocycles. The summed E-state index contributed by atoms with van der Waals surface area (Å²) in [6.45, 7) is 5.14. The molecular formula is C26H39NO3S. The van der Waals surface area contributed by atoms with Crippen molar-refractivity contribution in [1.29, 1.82) is 0 Å². The Morgan fingerprint density at radius 3 is 2.35 bits per heavy atom. The molecule has 0 aliphatic heterocycles. The number of anilines is 1. The van der Waals surface area contributed by atoms with Crippen LogP contribution in [0, 0.1) is 34.5 Å². The predicted octanol–water partition coefficient (Wildman–Crippen LogP) is 6.24. The summed E-state index contributed by atoms with van der Waals surface area (Å²) >= 11 is 0. The summed E-state index contributed by atoms with van der Waals surface area (Å²) in [5.74, 6) is 4.43. The summed E-state index contributed by atoms with van der Waals surface area (Å²) in [4.78, 5) is 0. The second-order valence-electron chi connectivity index (χ2n) is 11.5. The molecule has 172 valence electrons. The van der Waals surface area contributed by atoms with E-state index < -0.39 is 10.0 Å². The van der Waals surface area contributed by atoms with Crippen LogP contribution in [0.4, 0.5) is 5.69 Å². The van der Waals surface area contributed by atoms with Crippen LogP contribution in [-0.4, -0.2) is 20.8 Å². The summed E-state index contributed by atoms with van der Waals surface area (Å²) in [6, 6.07) is 7.41. The van der Waals surface area contributed by atoms with Crippen LogP contribution in [0.3, 0.4) is 0 Å². The molecule has 7 atom stereocenters. The zero-order valence-electron chi connectivity index (χ0n) is 19.4. The largest absolute Gasteiger partial charge is 0.490 e. The second kappa shape index (κ2) is 7.67. The molecule has 0 spiro atoms. The first-order valence-corrected chi connectivity index (χ1v) is 14.3. The number of rotatable bonds is 4. The summed E-state index contributed by atoms with van der Waals surface area (Å²) in [6.07, 6.45) is 15.3. The fourth-order valence-corrected chi connectivity index (χ4v) is 8.98. The third-order valence-electron chi connectivity index (χ3n) is 9.93. The summed E-state index contributed by atoms with van der Waals surface area (Å²) in [5.41, 5.74) is 1.44. The molecule has 5 heteroatoms. The van der Waals surface area contributed by atoms with Crippen molar-refractivity contribution in [1.82, 2.24) is 0 Å². The number of hydrogen-bond donors (Lipinski definition) is 1. The number of fused-ring (bicyclic) bond motifs is 5. The van der Waals surface area contributed by atoms with Crippen LogP contribution in [-0.2, 0) is 10.0 Å². The number of ether oxygens (including phenoxy) is 1. The van der Waals surface area contributed by atoms with Gasteiger partial charge in [0.05, 0.1) is 6.26 Å². The Labute approximate surface area is 188 Å². The second-order valence-corrected chi connectivity index (χ2v) is 13.3. The van der Waals surface area contributed by atoms with Crippen LogP contribution in [0.2, 0.25) is 0 Å². The van der Waals surface area contributed by atoms with E-state index in [2.05, 4.69) is 18.6 Å². The predicted molar refractivity (Wildman–Crippen MR) is 126 cm³/mol. The van der Waals surface area contributed by atoms with Crippen LogP contribution < -0.4 is 9.46 Å². The van der Waals surface area contributed by atoms with E-state index in [-0.39, 0.29) is 11.5 Å². The Balaban J connectivity index is 1.30. The van der Waals surface area contributed by atoms with Crippen molar-refractivity contribution in [2.45, 2.75) is 84.2 Å². The summed E-state index contributed by atoms with van der Waals surface area (Å²) in [5, 5.41) is 0. The molecule has 0 aromatic heterocycles. The van der Waals surface area contributed by atoms with Gasteiger partial charge in [0.1, 0.15) is 11.9 Å². The number of benzene rings is 1. The molecule has 31 heavy (non-hydrogen) atoms. The Morgan fingerprint density at radius 2 is 1.61 bits per heavy atom. The molecule has 0 heterocycles. The number of hydrogen-bond acceptors (Lipinski definition) is 3. The van der Waals surface area contributed by atoms with Gasteiger partial charge >= 0.3 is 0 Å². The van der Waals surface area contributed by atoms with Crippen molar-refractivity contribution >= 4 is 15.7 Å². The minimum absolute atomic E-state index is 0.267. The highest BCUT2D eigenvalue weighted by molar-refractivity contribution is 7.92. The Morgan fingerprint density at radius 1 is 0.871 bits per heavy atom. The van der Waals surface area contributed by atoms with Gasteiger partial charge in [-0.25, -0.2) is 8.42 Å². The lowest BCUT2D eigenvalue weighted by molar-refractivity contribution is -0.117. The Hall–Kier alpha value is -1.23. The molecule has 0 bridgehead atoms. The van der Waals surface area contributed by atoms with Crippen molar-refractivity contribution < 1.29 is 13.2 Å². The molecule has 0 amide bonds. The van der Waals surface area contributed by atoms with E-state index in [1.807, 2.05) is 12.1 Å². The van der Waals surface area contributed by atoms with E-state index in [4.69, 9.17) is 4.74 Å². The molecular weight excluding hydrogens is 406 g/mol. The van der Waals surface area contributed by atoms with E-state index >= 15 is 0 Å². The average Bonchev–Trinajstić information content (AvgIpc) is 3.04. The highest BCUT2D eigenvalue weighted by atomic mass is 32.2. The maximum absolute atomic E-state index is 11.4. The lowest BCUT2D eigenvalue weighted by Gasteiger charge is -2.60. The third-order valence-corrected chi connectivity index (χ3v) is 10.5. The van der Waals surface area contributed by atoms with E-state index in [1.54, 1.807) is 12.1 Å². The van der Waals surface area contributed by atoms with Crippen molar-refractivity contribution in [2.24, 2.45) is 34.5 Å². The Kier molecular flexibility index (Phi) is 5.35. The molecule has 2 unspecified atom stereocenters. The molecule has 4 aliphatic rings. The van der Waals surface area contributed by atoms with E-state index in [1.165, 1.54) is 64.0 Å². The number of nitrogens with one attached hydrogen (secondary N) is 1. The summed E-state index contributed by atoms with van der Waals surface area (Å²) < 4.78 is 32.0. The van der Waals surface area contributed by atoms with Gasteiger partial charge in [-0.15, -0.1) is 0 Å². The standard InChI is InChI=1S/C26H39NO3S/c1-25-16-5-4-6-18(25)7-12-21-22-13-14-24(26(22,2)17-15-23(21)25)30-20-10-8-19(9-11-20)27-31(3,28)29/h8-11,18,21-24,27H,4-7,12-17H2,1-3H3/t18?,21-,22-,23+,24?,25-,26-/m0/s1. The molecule has 4 fully saturated rings. The number of sulfonamides is 1. The maximum atomic E-state index is 11.4. The molecule has 4 nitrogen and oxygen atoms in total. The van der Waals surface area contributed by atoms with Crippen LogP contribution in [0.5, 0.6) is 5.75 Å². The smallest absolute Gasteiger partial charge is 0.229 e. The van der Waals surface area contributed by atoms with Gasteiger partial charge in [0, 0.05) is 11.1 Å². The Bertz CT molecular complexity index is 913. The van der Waals surface area contributed by atoms with Gasteiger partial charge in [0.25, 0.3) is 0 Å². The van der Waals surface area contributed by atoms with Gasteiger partial charge < -0.3 is 4.74 Å². The lowest BCUT2D eigenvalue weighted by Crippen LogP contribution is -2.53. The van der Waals surface area contributed by atoms with E-state index in [0.29, 0.717) is 11.1 Å². The van der Waals surface area contributed by atoms with Gasteiger partial charge in [-0.2, -0.15) is 0 Å². The first-order chi connectivity index (χ1) is 14.7. The summed E-state index contributed by atoms with van der Waals surface area (Å²) in [7, 11) is -3.25. The van der Waals surface area contributed by atoms with Crippen LogP contribution in [0.15, 0.2) is 24.3 Å². The lowest BCUT2D eigenvalue weighted by atomic mass is 9.45. The van der Waals surface area contributed by atoms with Crippen molar-refractivity contribution in [3.8, 4) is 5.75 Å². The first-order valence-electron chi connectivity index (χ1n) is 12.4. The molecule has 1 N–H and O–H groups in total. The van der Waals surface area contributed by atoms with Crippen molar-refractivity contribution in [3.05, 3.63) is 24.3 Å². The van der Waals surface area contributed by atoms with E-state index in [0.717, 1.165) is 35.8 Å². The monoisotopic (exact) mass is 445 g/mol. The highest BCUT2D eigenvalue weighted by Crippen LogP contribution is 2.66. The van der Waals surface area contributed by atoms with Gasteiger partial charge in [0.15, 0.2) is 0 Å². The van der Waals surface area contributed by atoms with Crippen molar-refractivity contribution in [3.63, 3.8) is 0 Å². The fourth-order valence-electron chi connectivity index (χ4n) is 8.42. The molecule has 5 rings (SSSR count). The quantitative estimate of drug-likeness (QED) is 0.597. The maximum Gasteiger partial charge on any atom is 0.229 e. The van der Waals surface area contributed by atoms with Gasteiger partial charge in [0.2, 0.25) is 10.0 Å². The average molecular weight is 446 g/mol. The molecule has 1 aromatic rings. The first kappa shape index (κ1) is 21.6. The van der Waals surface area contributed by atoms with E-state index in [9.17, 15) is 8.42 Å². The zero-order chi connectivity index (χ0) is 21.9. The SMILES string of the molecule is C[C@]12CCCCC1CC[C@@H]1[C@H]2CC[C@]2(C)C(Oc3ccc(NS(C)(=O)=O)cc3)CC[C@@H]12. The minimum atomic E-state index is -3.25. The van der Waals surface area contributed by atoms with Crippen LogP contribution in [0.1, 0.15) is 78.1 Å². The highest BCUT2D eigenvalue weighted by Gasteiger charge is 2.60. The van der Waals surface area contributed by atoms with Gasteiger partial charge in [-0.05, 0) is 105 Å². The van der Waals surface area contributed by atoms with Crippen LogP contribution in [0.25, 0.3) is 0 Å². The minimum Gasteiger partial charge on any atom is -0.490 e. The van der Waals surface area contributed by atoms with Gasteiger partial charge in [-0.3, -0.25) is 4.72 Å². The molecule has 4 saturated carbocycles. The molecule has 0 saturated heterocycles. The third kappa shape index (κ3) is 3.79.